The lowest BCUT2D eigenvalue weighted by Crippen LogP contribution is -2.24. The molecule has 1 heterocycles. The molecular weight excluding hydrogens is 244 g/mol. The van der Waals surface area contributed by atoms with E-state index in [1.165, 1.54) is 25.0 Å². The van der Waals surface area contributed by atoms with Crippen LogP contribution < -0.4 is 0 Å². The minimum absolute atomic E-state index is 0.277. The van der Waals surface area contributed by atoms with Crippen molar-refractivity contribution in [2.45, 2.75) is 55.9 Å². The van der Waals surface area contributed by atoms with Crippen LogP contribution in [0, 0.1) is 0 Å². The van der Waals surface area contributed by atoms with Crippen LogP contribution in [0.15, 0.2) is 0 Å². The van der Waals surface area contributed by atoms with Gasteiger partial charge >= 0.3 is 0 Å². The Balaban J connectivity index is 2.03. The first-order valence-electron chi connectivity index (χ1n) is 5.54. The Morgan fingerprint density at radius 2 is 2.20 bits per heavy atom. The van der Waals surface area contributed by atoms with Crippen LogP contribution in [0.25, 0.3) is 0 Å². The number of thiol groups is 1. The van der Waals surface area contributed by atoms with Crippen LogP contribution in [0.4, 0.5) is 0 Å². The fourth-order valence-electron chi connectivity index (χ4n) is 1.53. The van der Waals surface area contributed by atoms with E-state index in [2.05, 4.69) is 12.6 Å². The summed E-state index contributed by atoms with van der Waals surface area (Å²) >= 11 is 4.28. The second-order valence-electron chi connectivity index (χ2n) is 4.56. The van der Waals surface area contributed by atoms with Crippen molar-refractivity contribution in [3.8, 4) is 0 Å². The first-order valence-corrected chi connectivity index (χ1v) is 8.37. The van der Waals surface area contributed by atoms with Gasteiger partial charge in [0.05, 0.1) is 4.75 Å². The first-order chi connectivity index (χ1) is 7.00. The molecule has 1 rings (SSSR count). The lowest BCUT2D eigenvalue weighted by molar-refractivity contribution is -0.120. The number of unbranched alkanes of at least 4 members (excludes halogenated alkanes) is 1. The molecule has 0 spiro atoms. The van der Waals surface area contributed by atoms with Gasteiger partial charge in [0.25, 0.3) is 0 Å². The molecule has 0 aliphatic carbocycles. The third kappa shape index (κ3) is 5.55. The Morgan fingerprint density at radius 3 is 2.73 bits per heavy atom. The molecule has 1 fully saturated rings. The minimum Gasteiger partial charge on any atom is -0.298 e. The summed E-state index contributed by atoms with van der Waals surface area (Å²) in [5, 5.41) is 0.842. The van der Waals surface area contributed by atoms with Crippen molar-refractivity contribution >= 4 is 40.0 Å². The summed E-state index contributed by atoms with van der Waals surface area (Å²) in [4.78, 5) is 11.6. The smallest absolute Gasteiger partial charge is 0.148 e. The molecule has 1 nitrogen and oxygen atoms in total. The molecule has 4 heteroatoms. The Morgan fingerprint density at radius 1 is 1.47 bits per heavy atom. The molecule has 0 radical (unpaired) electrons. The maximum atomic E-state index is 11.6. The summed E-state index contributed by atoms with van der Waals surface area (Å²) in [6, 6.07) is 0. The number of hydrogen-bond acceptors (Lipinski definition) is 4. The Hall–Kier alpha value is 0.720. The molecule has 0 aromatic rings. The second kappa shape index (κ2) is 6.45. The summed E-state index contributed by atoms with van der Waals surface area (Å²) in [6.07, 6.45) is 5.54. The average molecular weight is 264 g/mol. The maximum Gasteiger partial charge on any atom is 0.148 e. The standard InChI is InChI=1S/C11H20OS3/c1-11(2,13)10(12)6-4-3-5-9-7-8-14-15-9/h9,13H,3-8H2,1-2H3/t9-/m1/s1. The molecule has 0 aromatic carbocycles. The predicted molar refractivity (Wildman–Crippen MR) is 75.0 cm³/mol. The summed E-state index contributed by atoms with van der Waals surface area (Å²) < 4.78 is -0.446. The molecule has 0 aromatic heterocycles. The van der Waals surface area contributed by atoms with Gasteiger partial charge in [0.15, 0.2) is 0 Å². The highest BCUT2D eigenvalue weighted by Gasteiger charge is 2.22. The third-order valence-corrected chi connectivity index (χ3v) is 5.85. The van der Waals surface area contributed by atoms with E-state index >= 15 is 0 Å². The van der Waals surface area contributed by atoms with Crippen molar-refractivity contribution in [3.63, 3.8) is 0 Å². The van der Waals surface area contributed by atoms with Crippen LogP contribution in [-0.2, 0) is 4.79 Å². The molecule has 0 saturated carbocycles. The van der Waals surface area contributed by atoms with Crippen LogP contribution in [0.5, 0.6) is 0 Å². The van der Waals surface area contributed by atoms with E-state index in [1.807, 2.05) is 35.4 Å². The maximum absolute atomic E-state index is 11.6. The highest BCUT2D eigenvalue weighted by molar-refractivity contribution is 8.77. The number of Topliss-reactive ketones (excluding diaryl/α,β-unsaturated/α-hetero) is 1. The predicted octanol–water partition coefficient (Wildman–Crippen LogP) is 3.98. The first kappa shape index (κ1) is 13.8. The van der Waals surface area contributed by atoms with Crippen LogP contribution in [0.2, 0.25) is 0 Å². The van der Waals surface area contributed by atoms with E-state index in [0.717, 1.165) is 11.7 Å². The van der Waals surface area contributed by atoms with Crippen LogP contribution in [0.1, 0.15) is 46.0 Å². The second-order valence-corrected chi connectivity index (χ2v) is 8.46. The van der Waals surface area contributed by atoms with Gasteiger partial charge in [-0.1, -0.05) is 28.0 Å². The van der Waals surface area contributed by atoms with Crippen molar-refractivity contribution in [3.05, 3.63) is 0 Å². The van der Waals surface area contributed by atoms with Crippen LogP contribution >= 0.6 is 34.2 Å². The summed E-state index contributed by atoms with van der Waals surface area (Å²) in [7, 11) is 4.01. The minimum atomic E-state index is -0.446. The fourth-order valence-corrected chi connectivity index (χ4v) is 4.67. The SMILES string of the molecule is CC(C)(S)C(=O)CCCC[C@@H]1CCSS1. The molecule has 15 heavy (non-hydrogen) atoms. The number of carbonyl (C=O) groups is 1. The molecule has 1 atom stereocenters. The largest absolute Gasteiger partial charge is 0.298 e. The van der Waals surface area contributed by atoms with Gasteiger partial charge < -0.3 is 0 Å². The van der Waals surface area contributed by atoms with Crippen molar-refractivity contribution in [1.29, 1.82) is 0 Å². The molecule has 1 aliphatic heterocycles. The monoisotopic (exact) mass is 264 g/mol. The van der Waals surface area contributed by atoms with Gasteiger partial charge in [-0.25, -0.2) is 0 Å². The zero-order chi connectivity index (χ0) is 11.3. The number of carbonyl (C=O) groups excluding carboxylic acids is 1. The van der Waals surface area contributed by atoms with Crippen molar-refractivity contribution < 1.29 is 4.79 Å². The molecule has 1 aliphatic rings. The van der Waals surface area contributed by atoms with Gasteiger partial charge in [0.2, 0.25) is 0 Å². The lowest BCUT2D eigenvalue weighted by atomic mass is 10.0. The topological polar surface area (TPSA) is 17.1 Å². The molecule has 0 amide bonds. The quantitative estimate of drug-likeness (QED) is 0.444. The highest BCUT2D eigenvalue weighted by atomic mass is 33.1. The van der Waals surface area contributed by atoms with E-state index in [-0.39, 0.29) is 5.78 Å². The van der Waals surface area contributed by atoms with E-state index in [4.69, 9.17) is 0 Å². The number of hydrogen-bond donors (Lipinski definition) is 1. The normalized spacial score (nSPS) is 21.9. The van der Waals surface area contributed by atoms with E-state index in [9.17, 15) is 4.79 Å². The Kier molecular flexibility index (Phi) is 5.93. The van der Waals surface area contributed by atoms with Gasteiger partial charge in [0.1, 0.15) is 5.78 Å². The molecule has 1 saturated heterocycles. The average Bonchev–Trinajstić information content (AvgIpc) is 2.63. The van der Waals surface area contributed by atoms with Crippen LogP contribution in [-0.4, -0.2) is 21.5 Å². The molecule has 0 unspecified atom stereocenters. The number of rotatable bonds is 6. The highest BCUT2D eigenvalue weighted by Crippen LogP contribution is 2.39. The molecule has 88 valence electrons. The zero-order valence-corrected chi connectivity index (χ0v) is 12.0. The Labute approximate surface area is 106 Å². The molecule has 0 N–H and O–H groups in total. The van der Waals surface area contributed by atoms with Gasteiger partial charge in [-0.2, -0.15) is 12.6 Å². The van der Waals surface area contributed by atoms with Gasteiger partial charge in [-0.15, -0.1) is 0 Å². The Bertz CT molecular complexity index is 204. The lowest BCUT2D eigenvalue weighted by Gasteiger charge is -2.15. The molecular formula is C11H20OS3. The van der Waals surface area contributed by atoms with Gasteiger partial charge in [-0.05, 0) is 33.1 Å². The van der Waals surface area contributed by atoms with Crippen molar-refractivity contribution in [2.75, 3.05) is 5.75 Å². The van der Waals surface area contributed by atoms with Gasteiger partial charge in [0, 0.05) is 17.4 Å². The van der Waals surface area contributed by atoms with E-state index in [0.29, 0.717) is 6.42 Å². The summed E-state index contributed by atoms with van der Waals surface area (Å²) in [5.41, 5.74) is 0. The van der Waals surface area contributed by atoms with Crippen molar-refractivity contribution in [1.82, 2.24) is 0 Å². The van der Waals surface area contributed by atoms with Crippen LogP contribution in [0.3, 0.4) is 0 Å². The fraction of sp³-hybridized carbons (Fsp3) is 0.909. The van der Waals surface area contributed by atoms with E-state index < -0.39 is 4.75 Å². The number of ketones is 1. The molecule has 0 bridgehead atoms. The summed E-state index contributed by atoms with van der Waals surface area (Å²) in [6.45, 7) is 3.75. The van der Waals surface area contributed by atoms with Gasteiger partial charge in [-0.3, -0.25) is 4.79 Å². The van der Waals surface area contributed by atoms with E-state index in [1.54, 1.807) is 0 Å². The summed E-state index contributed by atoms with van der Waals surface area (Å²) in [5.74, 6) is 1.58. The zero-order valence-electron chi connectivity index (χ0n) is 9.49. The van der Waals surface area contributed by atoms with Crippen molar-refractivity contribution in [2.24, 2.45) is 0 Å². The third-order valence-electron chi connectivity index (χ3n) is 2.59.